The van der Waals surface area contributed by atoms with Gasteiger partial charge < -0.3 is 15.4 Å². The molecule has 1 aromatic carbocycles. The molecule has 2 N–H and O–H groups in total. The highest BCUT2D eigenvalue weighted by Gasteiger charge is 2.14. The van der Waals surface area contributed by atoms with Gasteiger partial charge in [-0.2, -0.15) is 0 Å². The number of methoxy groups -OCH3 is 1. The molecule has 0 aromatic heterocycles. The van der Waals surface area contributed by atoms with E-state index in [1.54, 1.807) is 24.3 Å². The van der Waals surface area contributed by atoms with Crippen molar-refractivity contribution in [3.8, 4) is 0 Å². The summed E-state index contributed by atoms with van der Waals surface area (Å²) < 4.78 is 4.66. The fraction of sp³-hybridized carbons (Fsp3) is 0.500. The molecule has 0 heterocycles. The fourth-order valence-electron chi connectivity index (χ4n) is 2.65. The molecule has 0 unspecified atom stereocenters. The van der Waals surface area contributed by atoms with Crippen LogP contribution in [0.5, 0.6) is 0 Å². The summed E-state index contributed by atoms with van der Waals surface area (Å²) in [6.07, 6.45) is 6.21. The van der Waals surface area contributed by atoms with E-state index in [0.29, 0.717) is 23.7 Å². The van der Waals surface area contributed by atoms with Gasteiger partial charge in [-0.3, -0.25) is 0 Å². The Kier molecular flexibility index (Phi) is 5.60. The van der Waals surface area contributed by atoms with E-state index in [2.05, 4.69) is 15.4 Å². The number of benzene rings is 1. The number of anilines is 1. The van der Waals surface area contributed by atoms with Gasteiger partial charge in [-0.25, -0.2) is 9.59 Å². The van der Waals surface area contributed by atoms with Crippen LogP contribution in [0.3, 0.4) is 0 Å². The zero-order chi connectivity index (χ0) is 15.1. The van der Waals surface area contributed by atoms with Crippen molar-refractivity contribution >= 4 is 17.7 Å². The predicted molar refractivity (Wildman–Crippen MR) is 81.4 cm³/mol. The number of carbonyl (C=O) groups excluding carboxylic acids is 2. The highest BCUT2D eigenvalue weighted by atomic mass is 16.5. The van der Waals surface area contributed by atoms with Crippen LogP contribution in [0.4, 0.5) is 10.5 Å². The molecular weight excluding hydrogens is 268 g/mol. The van der Waals surface area contributed by atoms with Crippen molar-refractivity contribution in [2.75, 3.05) is 19.0 Å². The highest BCUT2D eigenvalue weighted by molar-refractivity contribution is 5.93. The average Bonchev–Trinajstić information content (AvgIpc) is 2.53. The second kappa shape index (κ2) is 7.67. The largest absolute Gasteiger partial charge is 0.465 e. The topological polar surface area (TPSA) is 67.4 Å². The molecule has 114 valence electrons. The quantitative estimate of drug-likeness (QED) is 0.837. The molecule has 1 aliphatic carbocycles. The minimum atomic E-state index is -0.415. The summed E-state index contributed by atoms with van der Waals surface area (Å²) in [5.41, 5.74) is 1.00. The number of esters is 1. The zero-order valence-electron chi connectivity index (χ0n) is 12.4. The monoisotopic (exact) mass is 290 g/mol. The Morgan fingerprint density at radius 3 is 2.71 bits per heavy atom. The van der Waals surface area contributed by atoms with Crippen molar-refractivity contribution in [1.29, 1.82) is 0 Å². The maximum atomic E-state index is 11.9. The van der Waals surface area contributed by atoms with E-state index in [0.717, 1.165) is 0 Å². The molecule has 1 aliphatic rings. The summed E-state index contributed by atoms with van der Waals surface area (Å²) in [5.74, 6) is 0.173. The molecule has 1 aromatic rings. The van der Waals surface area contributed by atoms with E-state index >= 15 is 0 Å². The summed E-state index contributed by atoms with van der Waals surface area (Å²) in [6, 6.07) is 6.47. The van der Waals surface area contributed by atoms with Crippen molar-refractivity contribution < 1.29 is 14.3 Å². The first-order valence-corrected chi connectivity index (χ1v) is 7.42. The molecule has 2 amide bonds. The molecule has 1 fully saturated rings. The number of hydrogen-bond acceptors (Lipinski definition) is 3. The van der Waals surface area contributed by atoms with Crippen LogP contribution in [0.15, 0.2) is 24.3 Å². The molecule has 0 aliphatic heterocycles. The van der Waals surface area contributed by atoms with Gasteiger partial charge in [0, 0.05) is 12.2 Å². The number of rotatable bonds is 4. The second-order valence-electron chi connectivity index (χ2n) is 5.41. The Labute approximate surface area is 125 Å². The van der Waals surface area contributed by atoms with Crippen LogP contribution >= 0.6 is 0 Å². The molecule has 0 atom stereocenters. The number of amides is 2. The molecule has 0 radical (unpaired) electrons. The third-order valence-corrected chi connectivity index (χ3v) is 3.82. The van der Waals surface area contributed by atoms with Crippen LogP contribution in [0, 0.1) is 5.92 Å². The summed E-state index contributed by atoms with van der Waals surface area (Å²) in [4.78, 5) is 23.3. The SMILES string of the molecule is COC(=O)c1cccc(NC(=O)NCC2CCCCC2)c1. The Morgan fingerprint density at radius 2 is 2.00 bits per heavy atom. The number of carbonyl (C=O) groups is 2. The molecule has 0 spiro atoms. The highest BCUT2D eigenvalue weighted by Crippen LogP contribution is 2.22. The minimum absolute atomic E-state index is 0.234. The second-order valence-corrected chi connectivity index (χ2v) is 5.41. The van der Waals surface area contributed by atoms with Crippen molar-refractivity contribution in [2.45, 2.75) is 32.1 Å². The molecule has 5 nitrogen and oxygen atoms in total. The first-order chi connectivity index (χ1) is 10.2. The number of nitrogens with one attached hydrogen (secondary N) is 2. The van der Waals surface area contributed by atoms with E-state index in [1.807, 2.05) is 0 Å². The lowest BCUT2D eigenvalue weighted by Crippen LogP contribution is -2.33. The van der Waals surface area contributed by atoms with Gasteiger partial charge in [0.05, 0.1) is 12.7 Å². The van der Waals surface area contributed by atoms with Gasteiger partial charge in [-0.1, -0.05) is 25.3 Å². The van der Waals surface area contributed by atoms with Crippen LogP contribution in [0.1, 0.15) is 42.5 Å². The first kappa shape index (κ1) is 15.4. The van der Waals surface area contributed by atoms with Crippen molar-refractivity contribution in [1.82, 2.24) is 5.32 Å². The van der Waals surface area contributed by atoms with Gasteiger partial charge in [0.1, 0.15) is 0 Å². The molecule has 1 saturated carbocycles. The number of ether oxygens (including phenoxy) is 1. The van der Waals surface area contributed by atoms with Crippen molar-refractivity contribution in [2.24, 2.45) is 5.92 Å². The third-order valence-electron chi connectivity index (χ3n) is 3.82. The summed E-state index contributed by atoms with van der Waals surface area (Å²) >= 11 is 0. The van der Waals surface area contributed by atoms with Crippen LogP contribution in [0.25, 0.3) is 0 Å². The van der Waals surface area contributed by atoms with Gasteiger partial charge >= 0.3 is 12.0 Å². The Hall–Kier alpha value is -2.04. The number of urea groups is 1. The first-order valence-electron chi connectivity index (χ1n) is 7.42. The van der Waals surface area contributed by atoms with E-state index in [1.165, 1.54) is 39.2 Å². The van der Waals surface area contributed by atoms with E-state index in [-0.39, 0.29) is 6.03 Å². The van der Waals surface area contributed by atoms with Crippen LogP contribution < -0.4 is 10.6 Å². The van der Waals surface area contributed by atoms with E-state index in [9.17, 15) is 9.59 Å². The van der Waals surface area contributed by atoms with E-state index in [4.69, 9.17) is 0 Å². The third kappa shape index (κ3) is 4.77. The molecule has 0 bridgehead atoms. The average molecular weight is 290 g/mol. The van der Waals surface area contributed by atoms with Gasteiger partial charge in [0.15, 0.2) is 0 Å². The van der Waals surface area contributed by atoms with Crippen LogP contribution in [0.2, 0.25) is 0 Å². The Bertz CT molecular complexity index is 496. The summed E-state index contributed by atoms with van der Waals surface area (Å²) in [6.45, 7) is 0.711. The van der Waals surface area contributed by atoms with Gasteiger partial charge in [0.25, 0.3) is 0 Å². The lowest BCUT2D eigenvalue weighted by atomic mass is 9.89. The van der Waals surface area contributed by atoms with E-state index < -0.39 is 5.97 Å². The molecule has 2 rings (SSSR count). The van der Waals surface area contributed by atoms with Crippen LogP contribution in [-0.4, -0.2) is 25.7 Å². The fourth-order valence-corrected chi connectivity index (χ4v) is 2.65. The maximum absolute atomic E-state index is 11.9. The molecule has 0 saturated heterocycles. The van der Waals surface area contributed by atoms with Crippen LogP contribution in [-0.2, 0) is 4.74 Å². The van der Waals surface area contributed by atoms with Crippen molar-refractivity contribution in [3.05, 3.63) is 29.8 Å². The molecular formula is C16H22N2O3. The van der Waals surface area contributed by atoms with Gasteiger partial charge in [-0.05, 0) is 37.0 Å². The summed E-state index contributed by atoms with van der Waals surface area (Å²) in [7, 11) is 1.33. The van der Waals surface area contributed by atoms with Gasteiger partial charge in [0.2, 0.25) is 0 Å². The minimum Gasteiger partial charge on any atom is -0.465 e. The molecule has 5 heteroatoms. The Balaban J connectivity index is 1.83. The smallest absolute Gasteiger partial charge is 0.337 e. The lowest BCUT2D eigenvalue weighted by Gasteiger charge is -2.21. The summed E-state index contributed by atoms with van der Waals surface area (Å²) in [5, 5.41) is 5.64. The zero-order valence-corrected chi connectivity index (χ0v) is 12.4. The standard InChI is InChI=1S/C16H22N2O3/c1-21-15(19)13-8-5-9-14(10-13)18-16(20)17-11-12-6-3-2-4-7-12/h5,8-10,12H,2-4,6-7,11H2,1H3,(H2,17,18,20). The maximum Gasteiger partial charge on any atom is 0.337 e. The Morgan fingerprint density at radius 1 is 1.24 bits per heavy atom. The van der Waals surface area contributed by atoms with Crippen molar-refractivity contribution in [3.63, 3.8) is 0 Å². The normalized spacial score (nSPS) is 15.3. The predicted octanol–water partition coefficient (Wildman–Crippen LogP) is 3.18. The number of hydrogen-bond donors (Lipinski definition) is 2. The van der Waals surface area contributed by atoms with Gasteiger partial charge in [-0.15, -0.1) is 0 Å². The molecule has 21 heavy (non-hydrogen) atoms. The lowest BCUT2D eigenvalue weighted by molar-refractivity contribution is 0.0600.